The summed E-state index contributed by atoms with van der Waals surface area (Å²) in [5.41, 5.74) is 2.28. The van der Waals surface area contributed by atoms with Crippen LogP contribution in [0.1, 0.15) is 12.8 Å². The SMILES string of the molecule is NNc1ncc(F)c(NC2CCOCC2)n1. The van der Waals surface area contributed by atoms with E-state index in [4.69, 9.17) is 10.6 Å². The van der Waals surface area contributed by atoms with Crippen LogP contribution in [0.4, 0.5) is 16.2 Å². The zero-order valence-electron chi connectivity index (χ0n) is 8.74. The van der Waals surface area contributed by atoms with Crippen LogP contribution in [0.3, 0.4) is 0 Å². The molecule has 0 aromatic carbocycles. The Morgan fingerprint density at radius 2 is 2.19 bits per heavy atom. The summed E-state index contributed by atoms with van der Waals surface area (Å²) in [6.45, 7) is 1.37. The van der Waals surface area contributed by atoms with Crippen LogP contribution in [0.15, 0.2) is 6.20 Å². The molecule has 0 saturated carbocycles. The van der Waals surface area contributed by atoms with Gasteiger partial charge in [-0.1, -0.05) is 0 Å². The molecule has 1 aliphatic heterocycles. The average Bonchev–Trinajstić information content (AvgIpc) is 2.33. The molecule has 0 amide bonds. The van der Waals surface area contributed by atoms with Crippen molar-refractivity contribution in [1.82, 2.24) is 9.97 Å². The van der Waals surface area contributed by atoms with Crippen LogP contribution in [0.5, 0.6) is 0 Å². The number of rotatable bonds is 3. The fourth-order valence-electron chi connectivity index (χ4n) is 1.57. The molecule has 1 aromatic rings. The van der Waals surface area contributed by atoms with E-state index in [9.17, 15) is 4.39 Å². The van der Waals surface area contributed by atoms with E-state index >= 15 is 0 Å². The maximum atomic E-state index is 13.4. The van der Waals surface area contributed by atoms with Crippen molar-refractivity contribution in [3.05, 3.63) is 12.0 Å². The monoisotopic (exact) mass is 227 g/mol. The van der Waals surface area contributed by atoms with Crippen molar-refractivity contribution in [2.45, 2.75) is 18.9 Å². The number of anilines is 2. The summed E-state index contributed by atoms with van der Waals surface area (Å²) in [5, 5.41) is 3.02. The largest absolute Gasteiger partial charge is 0.381 e. The molecule has 0 atom stereocenters. The van der Waals surface area contributed by atoms with Crippen LogP contribution in [-0.2, 0) is 4.74 Å². The molecule has 0 unspecified atom stereocenters. The first-order valence-corrected chi connectivity index (χ1v) is 5.13. The number of nitrogens with one attached hydrogen (secondary N) is 2. The Hall–Kier alpha value is -1.47. The molecule has 88 valence electrons. The third-order valence-corrected chi connectivity index (χ3v) is 2.44. The number of hydrazine groups is 1. The van der Waals surface area contributed by atoms with E-state index in [1.165, 1.54) is 0 Å². The lowest BCUT2D eigenvalue weighted by Gasteiger charge is -2.23. The molecule has 4 N–H and O–H groups in total. The second-order valence-corrected chi connectivity index (χ2v) is 3.57. The van der Waals surface area contributed by atoms with Crippen LogP contribution in [-0.4, -0.2) is 29.2 Å². The smallest absolute Gasteiger partial charge is 0.239 e. The molecular weight excluding hydrogens is 213 g/mol. The maximum Gasteiger partial charge on any atom is 0.239 e. The van der Waals surface area contributed by atoms with Gasteiger partial charge in [-0.15, -0.1) is 0 Å². The first kappa shape index (κ1) is 11.0. The van der Waals surface area contributed by atoms with Crippen molar-refractivity contribution in [3.8, 4) is 0 Å². The topological polar surface area (TPSA) is 85.1 Å². The number of nitrogens with two attached hydrogens (primary N) is 1. The highest BCUT2D eigenvalue weighted by Crippen LogP contribution is 2.16. The second kappa shape index (κ2) is 5.04. The Kier molecular flexibility index (Phi) is 3.47. The molecule has 1 aromatic heterocycles. The maximum absolute atomic E-state index is 13.4. The molecule has 0 aliphatic carbocycles. The standard InChI is InChI=1S/C9H14FN5O/c10-7-5-12-9(15-11)14-8(7)13-6-1-3-16-4-2-6/h5-6H,1-4,11H2,(H2,12,13,14,15). The predicted octanol–water partition coefficient (Wildman–Crippen LogP) is 0.492. The number of ether oxygens (including phenoxy) is 1. The van der Waals surface area contributed by atoms with Gasteiger partial charge in [0.2, 0.25) is 5.95 Å². The molecule has 2 rings (SSSR count). The summed E-state index contributed by atoms with van der Waals surface area (Å²) in [5.74, 6) is 5.04. The minimum atomic E-state index is -0.481. The van der Waals surface area contributed by atoms with Crippen LogP contribution in [0.25, 0.3) is 0 Å². The van der Waals surface area contributed by atoms with Gasteiger partial charge in [-0.05, 0) is 12.8 Å². The third-order valence-electron chi connectivity index (χ3n) is 2.44. The van der Waals surface area contributed by atoms with E-state index in [2.05, 4.69) is 20.7 Å². The predicted molar refractivity (Wildman–Crippen MR) is 57.3 cm³/mol. The highest BCUT2D eigenvalue weighted by Gasteiger charge is 2.16. The fourth-order valence-corrected chi connectivity index (χ4v) is 1.57. The van der Waals surface area contributed by atoms with Gasteiger partial charge in [0.1, 0.15) is 0 Å². The first-order chi connectivity index (χ1) is 7.79. The lowest BCUT2D eigenvalue weighted by atomic mass is 10.1. The van der Waals surface area contributed by atoms with Gasteiger partial charge < -0.3 is 10.1 Å². The lowest BCUT2D eigenvalue weighted by Crippen LogP contribution is -2.29. The van der Waals surface area contributed by atoms with E-state index in [1.54, 1.807) is 0 Å². The zero-order valence-corrected chi connectivity index (χ0v) is 8.74. The molecule has 16 heavy (non-hydrogen) atoms. The molecule has 1 saturated heterocycles. The van der Waals surface area contributed by atoms with Gasteiger partial charge in [0.15, 0.2) is 11.6 Å². The van der Waals surface area contributed by atoms with E-state index in [1.807, 2.05) is 0 Å². The molecule has 0 bridgehead atoms. The molecule has 1 fully saturated rings. The molecule has 2 heterocycles. The number of halogens is 1. The molecule has 6 nitrogen and oxygen atoms in total. The molecule has 0 spiro atoms. The summed E-state index contributed by atoms with van der Waals surface area (Å²) in [6, 6.07) is 0.184. The van der Waals surface area contributed by atoms with Crippen molar-refractivity contribution in [1.29, 1.82) is 0 Å². The Morgan fingerprint density at radius 1 is 1.44 bits per heavy atom. The molecular formula is C9H14FN5O. The number of nitrogen functional groups attached to an aromatic ring is 1. The second-order valence-electron chi connectivity index (χ2n) is 3.57. The van der Waals surface area contributed by atoms with Crippen molar-refractivity contribution < 1.29 is 9.13 Å². The summed E-state index contributed by atoms with van der Waals surface area (Å²) < 4.78 is 18.6. The Balaban J connectivity index is 2.06. The number of aromatic nitrogens is 2. The first-order valence-electron chi connectivity index (χ1n) is 5.13. The van der Waals surface area contributed by atoms with Gasteiger partial charge in [-0.3, -0.25) is 5.43 Å². The van der Waals surface area contributed by atoms with Gasteiger partial charge in [-0.25, -0.2) is 15.2 Å². The van der Waals surface area contributed by atoms with E-state index in [-0.39, 0.29) is 17.8 Å². The number of nitrogens with zero attached hydrogens (tertiary/aromatic N) is 2. The fraction of sp³-hybridized carbons (Fsp3) is 0.556. The molecule has 1 aliphatic rings. The van der Waals surface area contributed by atoms with Crippen molar-refractivity contribution in [3.63, 3.8) is 0 Å². The van der Waals surface area contributed by atoms with Gasteiger partial charge in [0.05, 0.1) is 6.20 Å². The van der Waals surface area contributed by atoms with Crippen molar-refractivity contribution >= 4 is 11.8 Å². The van der Waals surface area contributed by atoms with E-state index in [0.29, 0.717) is 13.2 Å². The highest BCUT2D eigenvalue weighted by atomic mass is 19.1. The third kappa shape index (κ3) is 2.56. The van der Waals surface area contributed by atoms with Crippen LogP contribution >= 0.6 is 0 Å². The summed E-state index contributed by atoms with van der Waals surface area (Å²) in [4.78, 5) is 7.57. The normalized spacial score (nSPS) is 17.1. The highest BCUT2D eigenvalue weighted by molar-refractivity contribution is 5.41. The van der Waals surface area contributed by atoms with E-state index < -0.39 is 5.82 Å². The van der Waals surface area contributed by atoms with Crippen LogP contribution in [0, 0.1) is 5.82 Å². The molecule has 7 heteroatoms. The average molecular weight is 227 g/mol. The number of hydrogen-bond donors (Lipinski definition) is 3. The summed E-state index contributed by atoms with van der Waals surface area (Å²) in [6.07, 6.45) is 2.77. The van der Waals surface area contributed by atoms with Gasteiger partial charge in [0, 0.05) is 19.3 Å². The van der Waals surface area contributed by atoms with Crippen LogP contribution in [0.2, 0.25) is 0 Å². The Labute approximate surface area is 92.4 Å². The zero-order chi connectivity index (χ0) is 11.4. The summed E-state index contributed by atoms with van der Waals surface area (Å²) >= 11 is 0. The van der Waals surface area contributed by atoms with Crippen molar-refractivity contribution in [2.75, 3.05) is 24.0 Å². The summed E-state index contributed by atoms with van der Waals surface area (Å²) in [7, 11) is 0. The minimum Gasteiger partial charge on any atom is -0.381 e. The van der Waals surface area contributed by atoms with Gasteiger partial charge in [-0.2, -0.15) is 4.98 Å². The Morgan fingerprint density at radius 3 is 2.88 bits per heavy atom. The molecule has 0 radical (unpaired) electrons. The van der Waals surface area contributed by atoms with Crippen LogP contribution < -0.4 is 16.6 Å². The Bertz CT molecular complexity index is 356. The van der Waals surface area contributed by atoms with Gasteiger partial charge >= 0.3 is 0 Å². The minimum absolute atomic E-state index is 0.176. The van der Waals surface area contributed by atoms with Crippen molar-refractivity contribution in [2.24, 2.45) is 5.84 Å². The van der Waals surface area contributed by atoms with E-state index in [0.717, 1.165) is 19.0 Å². The quantitative estimate of drug-likeness (QED) is 0.515. The lowest BCUT2D eigenvalue weighted by molar-refractivity contribution is 0.0903. The number of hydrogen-bond acceptors (Lipinski definition) is 6. The van der Waals surface area contributed by atoms with Gasteiger partial charge in [0.25, 0.3) is 0 Å².